The van der Waals surface area contributed by atoms with E-state index in [1.54, 1.807) is 29.1 Å². The molecule has 8 nitrogen and oxygen atoms in total. The molecular weight excluding hydrogens is 334 g/mol. The number of benzene rings is 1. The van der Waals surface area contributed by atoms with Gasteiger partial charge in [0.25, 0.3) is 0 Å². The minimum absolute atomic E-state index is 0.171. The van der Waals surface area contributed by atoms with Gasteiger partial charge in [-0.2, -0.15) is 5.10 Å². The highest BCUT2D eigenvalue weighted by atomic mass is 16.5. The molecule has 8 heteroatoms. The molecule has 2 aromatic rings. The maximum atomic E-state index is 12.8. The highest BCUT2D eigenvalue weighted by Crippen LogP contribution is 2.31. The zero-order valence-corrected chi connectivity index (χ0v) is 15.2. The lowest BCUT2D eigenvalue weighted by Crippen LogP contribution is -2.36. The molecular formula is C18H23N5O3. The van der Waals surface area contributed by atoms with Gasteiger partial charge in [-0.05, 0) is 31.0 Å². The van der Waals surface area contributed by atoms with Crippen LogP contribution < -0.4 is 15.4 Å². The van der Waals surface area contributed by atoms with Crippen LogP contribution in [0.3, 0.4) is 0 Å². The average Bonchev–Trinajstić information content (AvgIpc) is 3.34. The number of aryl methyl sites for hydroxylation is 1. The van der Waals surface area contributed by atoms with E-state index >= 15 is 0 Å². The summed E-state index contributed by atoms with van der Waals surface area (Å²) in [6.45, 7) is 1.94. The molecule has 1 saturated carbocycles. The van der Waals surface area contributed by atoms with Crippen molar-refractivity contribution in [1.82, 2.24) is 14.7 Å². The number of carbonyl (C=O) groups is 2. The van der Waals surface area contributed by atoms with E-state index < -0.39 is 0 Å². The largest absolute Gasteiger partial charge is 0.495 e. The summed E-state index contributed by atoms with van der Waals surface area (Å²) in [7, 11) is 3.38. The van der Waals surface area contributed by atoms with Gasteiger partial charge in [0, 0.05) is 37.5 Å². The Morgan fingerprint density at radius 2 is 2.12 bits per heavy atom. The minimum Gasteiger partial charge on any atom is -0.495 e. The van der Waals surface area contributed by atoms with Crippen LogP contribution in [0.4, 0.5) is 16.2 Å². The number of methoxy groups -OCH3 is 1. The molecule has 1 aliphatic rings. The first-order valence-corrected chi connectivity index (χ1v) is 8.47. The van der Waals surface area contributed by atoms with E-state index in [-0.39, 0.29) is 18.0 Å². The normalized spacial score (nSPS) is 13.2. The predicted molar refractivity (Wildman–Crippen MR) is 98.1 cm³/mol. The number of rotatable bonds is 6. The molecule has 1 aromatic carbocycles. The molecule has 0 atom stereocenters. The molecule has 0 unspecified atom stereocenters. The predicted octanol–water partition coefficient (Wildman–Crippen LogP) is 2.58. The summed E-state index contributed by atoms with van der Waals surface area (Å²) in [4.78, 5) is 25.9. The van der Waals surface area contributed by atoms with Gasteiger partial charge in [0.15, 0.2) is 0 Å². The van der Waals surface area contributed by atoms with Gasteiger partial charge in [0.1, 0.15) is 5.75 Å². The Balaban J connectivity index is 1.73. The Bertz CT molecular complexity index is 813. The smallest absolute Gasteiger partial charge is 0.322 e. The third kappa shape index (κ3) is 4.33. The van der Waals surface area contributed by atoms with Crippen LogP contribution in [0.2, 0.25) is 0 Å². The Hall–Kier alpha value is -3.03. The van der Waals surface area contributed by atoms with Gasteiger partial charge >= 0.3 is 6.03 Å². The van der Waals surface area contributed by atoms with Gasteiger partial charge < -0.3 is 20.3 Å². The van der Waals surface area contributed by atoms with Gasteiger partial charge in [0.05, 0.1) is 25.5 Å². The van der Waals surface area contributed by atoms with Crippen molar-refractivity contribution < 1.29 is 14.3 Å². The fourth-order valence-corrected chi connectivity index (χ4v) is 2.77. The third-order valence-corrected chi connectivity index (χ3v) is 4.12. The van der Waals surface area contributed by atoms with Crippen LogP contribution in [0.5, 0.6) is 5.75 Å². The van der Waals surface area contributed by atoms with Gasteiger partial charge in [-0.15, -0.1) is 0 Å². The molecule has 1 aliphatic carbocycles. The molecule has 1 aromatic heterocycles. The summed E-state index contributed by atoms with van der Waals surface area (Å²) in [6, 6.07) is 5.23. The average molecular weight is 357 g/mol. The summed E-state index contributed by atoms with van der Waals surface area (Å²) in [5, 5.41) is 9.77. The Morgan fingerprint density at radius 1 is 1.35 bits per heavy atom. The Labute approximate surface area is 152 Å². The van der Waals surface area contributed by atoms with Crippen LogP contribution >= 0.6 is 0 Å². The molecule has 26 heavy (non-hydrogen) atoms. The minimum atomic E-state index is -0.206. The zero-order valence-electron chi connectivity index (χ0n) is 15.2. The number of nitrogens with zero attached hydrogens (tertiary/aromatic N) is 3. The van der Waals surface area contributed by atoms with E-state index in [1.807, 2.05) is 18.1 Å². The molecule has 0 radical (unpaired) electrons. The molecule has 1 heterocycles. The van der Waals surface area contributed by atoms with E-state index in [0.29, 0.717) is 23.7 Å². The molecule has 0 saturated heterocycles. The monoisotopic (exact) mass is 357 g/mol. The lowest BCUT2D eigenvalue weighted by Gasteiger charge is -2.22. The maximum absolute atomic E-state index is 12.8. The molecule has 138 valence electrons. The van der Waals surface area contributed by atoms with Gasteiger partial charge in [-0.1, -0.05) is 0 Å². The van der Waals surface area contributed by atoms with Crippen molar-refractivity contribution in [2.45, 2.75) is 32.4 Å². The van der Waals surface area contributed by atoms with Gasteiger partial charge in [-0.3, -0.25) is 9.48 Å². The second-order valence-corrected chi connectivity index (χ2v) is 6.41. The first kappa shape index (κ1) is 17.8. The molecule has 1 fully saturated rings. The van der Waals surface area contributed by atoms with Crippen LogP contribution in [-0.2, 0) is 18.4 Å². The lowest BCUT2D eigenvalue weighted by atomic mass is 10.2. The number of hydrogen-bond acceptors (Lipinski definition) is 4. The Kier molecular flexibility index (Phi) is 5.11. The fourth-order valence-electron chi connectivity index (χ4n) is 2.77. The Morgan fingerprint density at radius 3 is 2.69 bits per heavy atom. The van der Waals surface area contributed by atoms with Crippen molar-refractivity contribution in [3.05, 3.63) is 36.2 Å². The van der Waals surface area contributed by atoms with Crippen LogP contribution in [0, 0.1) is 0 Å². The second-order valence-electron chi connectivity index (χ2n) is 6.41. The number of amides is 3. The number of carbonyl (C=O) groups excluding carboxylic acids is 2. The summed E-state index contributed by atoms with van der Waals surface area (Å²) in [5.41, 5.74) is 2.10. The summed E-state index contributed by atoms with van der Waals surface area (Å²) < 4.78 is 6.96. The van der Waals surface area contributed by atoms with Gasteiger partial charge in [0.2, 0.25) is 5.91 Å². The first-order chi connectivity index (χ1) is 12.5. The number of aromatic nitrogens is 2. The van der Waals surface area contributed by atoms with Crippen LogP contribution in [-0.4, -0.2) is 39.8 Å². The van der Waals surface area contributed by atoms with Crippen LogP contribution in [0.25, 0.3) is 0 Å². The number of hydrogen-bond donors (Lipinski definition) is 2. The standard InChI is InChI=1S/C18H23N5O3/c1-12(24)20-16-8-14(4-7-17(16)26-3)21-18(25)23(15-5-6-15)11-13-9-19-22(2)10-13/h4,7-10,15H,5-6,11H2,1-3H3,(H,20,24)(H,21,25). The molecule has 0 aliphatic heterocycles. The van der Waals surface area contributed by atoms with Crippen LogP contribution in [0.15, 0.2) is 30.6 Å². The second kappa shape index (κ2) is 7.47. The molecule has 2 N–H and O–H groups in total. The lowest BCUT2D eigenvalue weighted by molar-refractivity contribution is -0.114. The van der Waals surface area contributed by atoms with Crippen molar-refractivity contribution in [1.29, 1.82) is 0 Å². The molecule has 0 bridgehead atoms. The molecule has 0 spiro atoms. The molecule has 3 amide bonds. The van der Waals surface area contributed by atoms with E-state index in [1.165, 1.54) is 14.0 Å². The van der Waals surface area contributed by atoms with Crippen molar-refractivity contribution in [2.75, 3.05) is 17.7 Å². The third-order valence-electron chi connectivity index (χ3n) is 4.12. The number of urea groups is 1. The maximum Gasteiger partial charge on any atom is 0.322 e. The SMILES string of the molecule is COc1ccc(NC(=O)N(Cc2cnn(C)c2)C2CC2)cc1NC(C)=O. The van der Waals surface area contributed by atoms with E-state index in [0.717, 1.165) is 18.4 Å². The van der Waals surface area contributed by atoms with E-state index in [2.05, 4.69) is 15.7 Å². The highest BCUT2D eigenvalue weighted by Gasteiger charge is 2.33. The summed E-state index contributed by atoms with van der Waals surface area (Å²) >= 11 is 0. The van der Waals surface area contributed by atoms with Gasteiger partial charge in [-0.25, -0.2) is 4.79 Å². The number of ether oxygens (including phenoxy) is 1. The first-order valence-electron chi connectivity index (χ1n) is 8.47. The van der Waals surface area contributed by atoms with Crippen molar-refractivity contribution in [3.8, 4) is 5.75 Å². The highest BCUT2D eigenvalue weighted by molar-refractivity contribution is 5.94. The number of anilines is 2. The van der Waals surface area contributed by atoms with Crippen molar-refractivity contribution >= 4 is 23.3 Å². The van der Waals surface area contributed by atoms with Crippen molar-refractivity contribution in [2.24, 2.45) is 7.05 Å². The van der Waals surface area contributed by atoms with E-state index in [9.17, 15) is 9.59 Å². The topological polar surface area (TPSA) is 88.5 Å². The molecule has 3 rings (SSSR count). The summed E-state index contributed by atoms with van der Waals surface area (Å²) in [6.07, 6.45) is 5.69. The van der Waals surface area contributed by atoms with E-state index in [4.69, 9.17) is 4.74 Å². The summed E-state index contributed by atoms with van der Waals surface area (Å²) in [5.74, 6) is 0.329. The number of nitrogens with one attached hydrogen (secondary N) is 2. The van der Waals surface area contributed by atoms with Crippen molar-refractivity contribution in [3.63, 3.8) is 0 Å². The fraction of sp³-hybridized carbons (Fsp3) is 0.389. The quantitative estimate of drug-likeness (QED) is 0.832. The van der Waals surface area contributed by atoms with Crippen LogP contribution in [0.1, 0.15) is 25.3 Å². The zero-order chi connectivity index (χ0) is 18.7.